The summed E-state index contributed by atoms with van der Waals surface area (Å²) in [5, 5.41) is 8.86. The molecular formula is C15H27ClN4. The number of hydrogen-bond acceptors (Lipinski definition) is 3. The smallest absolute Gasteiger partial charge is 0.0860 e. The Morgan fingerprint density at radius 1 is 1.40 bits per heavy atom. The van der Waals surface area contributed by atoms with E-state index in [2.05, 4.69) is 43.0 Å². The lowest BCUT2D eigenvalue weighted by molar-refractivity contribution is 0.0666. The lowest BCUT2D eigenvalue weighted by Crippen LogP contribution is -2.56. The molecule has 2 heterocycles. The van der Waals surface area contributed by atoms with E-state index in [1.54, 1.807) is 0 Å². The molecule has 0 spiro atoms. The molecule has 20 heavy (non-hydrogen) atoms. The molecule has 0 aliphatic carbocycles. The van der Waals surface area contributed by atoms with Crippen molar-refractivity contribution in [2.45, 2.75) is 53.8 Å². The molecule has 4 nitrogen and oxygen atoms in total. The SMILES string of the molecule is CCn1nc(C)c(Cl)c1CN1CCNCC1C(C)(C)C. The van der Waals surface area contributed by atoms with Crippen LogP contribution in [0.1, 0.15) is 39.1 Å². The quantitative estimate of drug-likeness (QED) is 0.931. The predicted molar refractivity (Wildman–Crippen MR) is 84.2 cm³/mol. The van der Waals surface area contributed by atoms with Crippen LogP contribution < -0.4 is 5.32 Å². The van der Waals surface area contributed by atoms with Gasteiger partial charge >= 0.3 is 0 Å². The topological polar surface area (TPSA) is 33.1 Å². The fraction of sp³-hybridized carbons (Fsp3) is 0.800. The molecule has 1 unspecified atom stereocenters. The number of halogens is 1. The van der Waals surface area contributed by atoms with Crippen LogP contribution in [-0.2, 0) is 13.1 Å². The first-order valence-corrected chi connectivity index (χ1v) is 7.89. The van der Waals surface area contributed by atoms with E-state index in [4.69, 9.17) is 11.6 Å². The lowest BCUT2D eigenvalue weighted by atomic mass is 9.84. The molecule has 1 N–H and O–H groups in total. The summed E-state index contributed by atoms with van der Waals surface area (Å²) in [5.74, 6) is 0. The van der Waals surface area contributed by atoms with Crippen LogP contribution in [-0.4, -0.2) is 40.4 Å². The first-order valence-electron chi connectivity index (χ1n) is 7.51. The van der Waals surface area contributed by atoms with Gasteiger partial charge < -0.3 is 5.32 Å². The van der Waals surface area contributed by atoms with E-state index in [9.17, 15) is 0 Å². The number of nitrogens with zero attached hydrogens (tertiary/aromatic N) is 3. The third-order valence-electron chi connectivity index (χ3n) is 4.16. The van der Waals surface area contributed by atoms with Gasteiger partial charge in [-0.15, -0.1) is 0 Å². The summed E-state index contributed by atoms with van der Waals surface area (Å²) in [7, 11) is 0. The summed E-state index contributed by atoms with van der Waals surface area (Å²) in [4.78, 5) is 2.55. The molecular weight excluding hydrogens is 272 g/mol. The summed E-state index contributed by atoms with van der Waals surface area (Å²) in [5.41, 5.74) is 2.35. The van der Waals surface area contributed by atoms with Crippen molar-refractivity contribution >= 4 is 11.6 Å². The first kappa shape index (κ1) is 15.8. The highest BCUT2D eigenvalue weighted by Gasteiger charge is 2.33. The number of rotatable bonds is 3. The van der Waals surface area contributed by atoms with Crippen LogP contribution in [0, 0.1) is 12.3 Å². The summed E-state index contributed by atoms with van der Waals surface area (Å²) in [6.07, 6.45) is 0. The second-order valence-electron chi connectivity index (χ2n) is 6.72. The van der Waals surface area contributed by atoms with Gasteiger partial charge in [0.05, 0.1) is 16.4 Å². The zero-order valence-corrected chi connectivity index (χ0v) is 14.1. The average molecular weight is 299 g/mol. The molecule has 0 bridgehead atoms. The molecule has 0 amide bonds. The van der Waals surface area contributed by atoms with Crippen LogP contribution in [0.2, 0.25) is 5.02 Å². The molecule has 5 heteroatoms. The molecule has 1 fully saturated rings. The van der Waals surface area contributed by atoms with E-state index in [1.807, 2.05) is 11.6 Å². The monoisotopic (exact) mass is 298 g/mol. The molecule has 1 aliphatic heterocycles. The second kappa shape index (κ2) is 6.04. The number of aromatic nitrogens is 2. The summed E-state index contributed by atoms with van der Waals surface area (Å²) < 4.78 is 2.04. The van der Waals surface area contributed by atoms with Gasteiger partial charge in [-0.25, -0.2) is 0 Å². The molecule has 0 aromatic carbocycles. The highest BCUT2D eigenvalue weighted by molar-refractivity contribution is 6.31. The molecule has 1 aliphatic rings. The fourth-order valence-corrected chi connectivity index (χ4v) is 3.20. The zero-order chi connectivity index (χ0) is 14.9. The Kier molecular flexibility index (Phi) is 4.77. The fourth-order valence-electron chi connectivity index (χ4n) is 3.00. The summed E-state index contributed by atoms with van der Waals surface area (Å²) in [6, 6.07) is 0.521. The molecule has 2 rings (SSSR count). The minimum absolute atomic E-state index is 0.256. The van der Waals surface area contributed by atoms with Crippen LogP contribution in [0.5, 0.6) is 0 Å². The highest BCUT2D eigenvalue weighted by atomic mass is 35.5. The van der Waals surface area contributed by atoms with E-state index >= 15 is 0 Å². The van der Waals surface area contributed by atoms with Crippen molar-refractivity contribution in [1.29, 1.82) is 0 Å². The Labute approximate surface area is 127 Å². The van der Waals surface area contributed by atoms with E-state index in [0.29, 0.717) is 6.04 Å². The van der Waals surface area contributed by atoms with E-state index in [-0.39, 0.29) is 5.41 Å². The number of hydrogen-bond donors (Lipinski definition) is 1. The van der Waals surface area contributed by atoms with Gasteiger partial charge in [-0.2, -0.15) is 5.10 Å². The first-order chi connectivity index (χ1) is 9.34. The van der Waals surface area contributed by atoms with Gasteiger partial charge in [0, 0.05) is 38.8 Å². The van der Waals surface area contributed by atoms with Gasteiger partial charge in [-0.05, 0) is 19.3 Å². The highest BCUT2D eigenvalue weighted by Crippen LogP contribution is 2.29. The van der Waals surface area contributed by atoms with Gasteiger partial charge in [0.25, 0.3) is 0 Å². The maximum Gasteiger partial charge on any atom is 0.0860 e. The van der Waals surface area contributed by atoms with Crippen LogP contribution in [0.3, 0.4) is 0 Å². The van der Waals surface area contributed by atoms with Crippen molar-refractivity contribution in [3.63, 3.8) is 0 Å². The molecule has 0 saturated carbocycles. The molecule has 0 radical (unpaired) electrons. The standard InChI is InChI=1S/C15H27ClN4/c1-6-20-12(14(16)11(2)18-20)10-19-8-7-17-9-13(19)15(3,4)5/h13,17H,6-10H2,1-5H3. The Hall–Kier alpha value is -0.580. The average Bonchev–Trinajstić information content (AvgIpc) is 2.66. The predicted octanol–water partition coefficient (Wildman–Crippen LogP) is 2.68. The Balaban J connectivity index is 2.23. The van der Waals surface area contributed by atoms with Gasteiger partial charge in [-0.1, -0.05) is 32.4 Å². The van der Waals surface area contributed by atoms with Crippen molar-refractivity contribution in [2.24, 2.45) is 5.41 Å². The van der Waals surface area contributed by atoms with Gasteiger partial charge in [-0.3, -0.25) is 9.58 Å². The maximum absolute atomic E-state index is 6.45. The van der Waals surface area contributed by atoms with Gasteiger partial charge in [0.2, 0.25) is 0 Å². The van der Waals surface area contributed by atoms with Crippen LogP contribution in [0.25, 0.3) is 0 Å². The third kappa shape index (κ3) is 3.18. The van der Waals surface area contributed by atoms with E-state index < -0.39 is 0 Å². The van der Waals surface area contributed by atoms with E-state index in [1.165, 1.54) is 0 Å². The largest absolute Gasteiger partial charge is 0.314 e. The molecule has 1 aromatic rings. The normalized spacial score (nSPS) is 21.4. The summed E-state index contributed by atoms with van der Waals surface area (Å²) >= 11 is 6.45. The second-order valence-corrected chi connectivity index (χ2v) is 7.10. The van der Waals surface area contributed by atoms with Crippen molar-refractivity contribution in [3.05, 3.63) is 16.4 Å². The third-order valence-corrected chi connectivity index (χ3v) is 4.65. The molecule has 1 atom stereocenters. The van der Waals surface area contributed by atoms with Crippen LogP contribution >= 0.6 is 11.6 Å². The summed E-state index contributed by atoms with van der Waals surface area (Å²) in [6.45, 7) is 15.9. The molecule has 1 aromatic heterocycles. The zero-order valence-electron chi connectivity index (χ0n) is 13.3. The van der Waals surface area contributed by atoms with Crippen molar-refractivity contribution in [1.82, 2.24) is 20.0 Å². The van der Waals surface area contributed by atoms with E-state index in [0.717, 1.165) is 49.1 Å². The Morgan fingerprint density at radius 3 is 2.70 bits per heavy atom. The number of nitrogens with one attached hydrogen (secondary N) is 1. The van der Waals surface area contributed by atoms with Gasteiger partial charge in [0.1, 0.15) is 0 Å². The number of piperazine rings is 1. The minimum atomic E-state index is 0.256. The van der Waals surface area contributed by atoms with Crippen molar-refractivity contribution in [3.8, 4) is 0 Å². The minimum Gasteiger partial charge on any atom is -0.314 e. The van der Waals surface area contributed by atoms with Crippen molar-refractivity contribution in [2.75, 3.05) is 19.6 Å². The maximum atomic E-state index is 6.45. The Bertz CT molecular complexity index is 461. The van der Waals surface area contributed by atoms with Crippen molar-refractivity contribution < 1.29 is 0 Å². The van der Waals surface area contributed by atoms with Crippen LogP contribution in [0.15, 0.2) is 0 Å². The molecule has 114 valence electrons. The molecule has 1 saturated heterocycles. The van der Waals surface area contributed by atoms with Crippen LogP contribution in [0.4, 0.5) is 0 Å². The van der Waals surface area contributed by atoms with Gasteiger partial charge in [0.15, 0.2) is 0 Å². The number of aryl methyl sites for hydroxylation is 2. The Morgan fingerprint density at radius 2 is 2.10 bits per heavy atom. The lowest BCUT2D eigenvalue weighted by Gasteiger charge is -2.43.